The second-order valence-electron chi connectivity index (χ2n) is 3.81. The molecule has 0 atom stereocenters. The van der Waals surface area contributed by atoms with Gasteiger partial charge in [-0.3, -0.25) is 4.57 Å². The molecule has 0 aromatic carbocycles. The summed E-state index contributed by atoms with van der Waals surface area (Å²) in [7, 11) is 1.71. The average molecular weight is 426 g/mol. The minimum Gasteiger partial charge on any atom is -0.358 e. The summed E-state index contributed by atoms with van der Waals surface area (Å²) in [5.74, 6) is 0.907. The maximum absolute atomic E-state index is 10.3. The Balaban J connectivity index is 0.000000211. The molecule has 114 valence electrons. The lowest BCUT2D eigenvalue weighted by atomic mass is 10.7. The van der Waals surface area contributed by atoms with Crippen LogP contribution in [0.15, 0.2) is 9.21 Å². The minimum absolute atomic E-state index is 0.0995. The number of hydrogen-bond donors (Lipinski definition) is 1. The summed E-state index contributed by atoms with van der Waals surface area (Å²) in [5.41, 5.74) is 0. The molecule has 0 fully saturated rings. The molecule has 2 aromatic heterocycles. The highest BCUT2D eigenvalue weighted by Gasteiger charge is 2.20. The summed E-state index contributed by atoms with van der Waals surface area (Å²) in [4.78, 5) is 29.4. The maximum atomic E-state index is 10.3. The van der Waals surface area contributed by atoms with Crippen molar-refractivity contribution in [3.05, 3.63) is 41.1 Å². The first-order valence-corrected chi connectivity index (χ1v) is 6.93. The van der Waals surface area contributed by atoms with Crippen LogP contribution in [0.1, 0.15) is 11.6 Å². The van der Waals surface area contributed by atoms with Crippen LogP contribution in [0.25, 0.3) is 0 Å². The van der Waals surface area contributed by atoms with E-state index in [0.29, 0.717) is 16.3 Å². The summed E-state index contributed by atoms with van der Waals surface area (Å²) in [6, 6.07) is 0. The number of halogens is 2. The largest absolute Gasteiger partial charge is 0.396 e. The second-order valence-corrected chi connectivity index (χ2v) is 5.31. The Morgan fingerprint density at radius 3 is 1.90 bits per heavy atom. The molecule has 0 radical (unpaired) electrons. The minimum atomic E-state index is -0.524. The van der Waals surface area contributed by atoms with Crippen molar-refractivity contribution in [3.8, 4) is 0 Å². The summed E-state index contributed by atoms with van der Waals surface area (Å²) < 4.78 is 2.26. The Labute approximate surface area is 135 Å². The lowest BCUT2D eigenvalue weighted by Crippen LogP contribution is -1.91. The molecule has 0 unspecified atom stereocenters. The molecule has 0 spiro atoms. The first-order chi connectivity index (χ1) is 9.65. The zero-order valence-electron chi connectivity index (χ0n) is 11.1. The fourth-order valence-corrected chi connectivity index (χ4v) is 2.25. The Hall–Kier alpha value is -1.82. The first-order valence-electron chi connectivity index (χ1n) is 5.34. The van der Waals surface area contributed by atoms with E-state index in [2.05, 4.69) is 46.8 Å². The molecule has 0 saturated carbocycles. The van der Waals surface area contributed by atoms with E-state index in [-0.39, 0.29) is 16.2 Å². The van der Waals surface area contributed by atoms with Gasteiger partial charge in [-0.1, -0.05) is 0 Å². The lowest BCUT2D eigenvalue weighted by molar-refractivity contribution is -0.390. The van der Waals surface area contributed by atoms with Crippen molar-refractivity contribution >= 4 is 43.5 Å². The fraction of sp³-hybridized carbons (Fsp3) is 0.333. The SMILES string of the molecule is Cc1nc(Br)c([N+](=O)[O-])[nH]1.Cc1nc([N+](=O)[O-])c(Br)n1C. The lowest BCUT2D eigenvalue weighted by Gasteiger charge is -1.90. The van der Waals surface area contributed by atoms with E-state index in [1.54, 1.807) is 25.5 Å². The third-order valence-corrected chi connectivity index (χ3v) is 3.79. The number of H-pyrrole nitrogens is 1. The number of imidazole rings is 2. The Bertz CT molecular complexity index is 695. The molecule has 1 N–H and O–H groups in total. The molecule has 0 amide bonds. The van der Waals surface area contributed by atoms with Gasteiger partial charge in [0.05, 0.1) is 0 Å². The topological polar surface area (TPSA) is 133 Å². The Morgan fingerprint density at radius 1 is 1.14 bits per heavy atom. The first kappa shape index (κ1) is 17.2. The number of aryl methyl sites for hydroxylation is 2. The van der Waals surface area contributed by atoms with E-state index in [1.807, 2.05) is 0 Å². The van der Waals surface area contributed by atoms with Crippen LogP contribution in [0.3, 0.4) is 0 Å². The highest BCUT2D eigenvalue weighted by atomic mass is 79.9. The van der Waals surface area contributed by atoms with Gasteiger partial charge in [0.2, 0.25) is 10.4 Å². The molecule has 2 rings (SSSR count). The van der Waals surface area contributed by atoms with Crippen molar-refractivity contribution in [2.75, 3.05) is 0 Å². The quantitative estimate of drug-likeness (QED) is 0.580. The average Bonchev–Trinajstić information content (AvgIpc) is 2.84. The molecule has 10 nitrogen and oxygen atoms in total. The van der Waals surface area contributed by atoms with Crippen molar-refractivity contribution in [2.45, 2.75) is 13.8 Å². The number of nitro groups is 2. The van der Waals surface area contributed by atoms with Crippen LogP contribution in [0.4, 0.5) is 11.6 Å². The predicted octanol–water partition coefficient (Wildman–Crippen LogP) is 2.79. The third-order valence-electron chi connectivity index (χ3n) is 2.35. The van der Waals surface area contributed by atoms with Crippen LogP contribution in [-0.4, -0.2) is 29.4 Å². The van der Waals surface area contributed by atoms with Gasteiger partial charge in [-0.2, -0.15) is 4.98 Å². The van der Waals surface area contributed by atoms with Crippen molar-refractivity contribution in [1.29, 1.82) is 0 Å². The van der Waals surface area contributed by atoms with Crippen LogP contribution in [0, 0.1) is 34.1 Å². The van der Waals surface area contributed by atoms with Gasteiger partial charge in [0, 0.05) is 20.9 Å². The van der Waals surface area contributed by atoms with Crippen LogP contribution in [0.2, 0.25) is 0 Å². The number of aromatic amines is 1. The number of hydrogen-bond acceptors (Lipinski definition) is 6. The van der Waals surface area contributed by atoms with Gasteiger partial charge >= 0.3 is 11.6 Å². The molecule has 2 aromatic rings. The summed E-state index contributed by atoms with van der Waals surface area (Å²) in [6.07, 6.45) is 0. The van der Waals surface area contributed by atoms with Gasteiger partial charge < -0.3 is 20.2 Å². The van der Waals surface area contributed by atoms with E-state index in [0.717, 1.165) is 0 Å². The van der Waals surface area contributed by atoms with Crippen molar-refractivity contribution in [2.24, 2.45) is 7.05 Å². The molecular formula is C9H10Br2N6O4. The highest BCUT2D eigenvalue weighted by molar-refractivity contribution is 9.10. The summed E-state index contributed by atoms with van der Waals surface area (Å²) >= 11 is 5.99. The Morgan fingerprint density at radius 2 is 1.71 bits per heavy atom. The second kappa shape index (κ2) is 6.76. The van der Waals surface area contributed by atoms with Crippen molar-refractivity contribution in [1.82, 2.24) is 19.5 Å². The maximum Gasteiger partial charge on any atom is 0.396 e. The number of nitrogens with one attached hydrogen (secondary N) is 1. The third kappa shape index (κ3) is 4.07. The van der Waals surface area contributed by atoms with Crippen LogP contribution in [-0.2, 0) is 7.05 Å². The van der Waals surface area contributed by atoms with Gasteiger partial charge in [-0.25, -0.2) is 4.98 Å². The molecule has 21 heavy (non-hydrogen) atoms. The van der Waals surface area contributed by atoms with Gasteiger partial charge in [-0.05, 0) is 46.7 Å². The molecule has 0 aliphatic rings. The number of aromatic nitrogens is 4. The Kier molecular flexibility index (Phi) is 5.54. The van der Waals surface area contributed by atoms with Crippen molar-refractivity contribution < 1.29 is 9.85 Å². The number of rotatable bonds is 2. The van der Waals surface area contributed by atoms with Crippen LogP contribution in [0.5, 0.6) is 0 Å². The van der Waals surface area contributed by atoms with Crippen LogP contribution < -0.4 is 0 Å². The molecular weight excluding hydrogens is 416 g/mol. The van der Waals surface area contributed by atoms with E-state index >= 15 is 0 Å². The summed E-state index contributed by atoms with van der Waals surface area (Å²) in [5, 5.41) is 20.4. The van der Waals surface area contributed by atoms with Gasteiger partial charge in [0.25, 0.3) is 0 Å². The molecule has 12 heteroatoms. The van der Waals surface area contributed by atoms with E-state index in [4.69, 9.17) is 0 Å². The van der Waals surface area contributed by atoms with E-state index < -0.39 is 9.85 Å². The standard InChI is InChI=1S/C5H6BrN3O2.C4H4BrN3O2/c1-3-7-5(9(10)11)4(6)8(3)2;1-2-6-3(5)4(7-2)8(9)10/h1-2H3;1H3,(H,6,7). The van der Waals surface area contributed by atoms with Gasteiger partial charge in [0.1, 0.15) is 0 Å². The predicted molar refractivity (Wildman–Crippen MR) is 80.0 cm³/mol. The molecule has 0 bridgehead atoms. The zero-order chi connectivity index (χ0) is 16.3. The highest BCUT2D eigenvalue weighted by Crippen LogP contribution is 2.23. The van der Waals surface area contributed by atoms with Gasteiger partial charge in [0.15, 0.2) is 10.4 Å². The van der Waals surface area contributed by atoms with E-state index in [9.17, 15) is 20.2 Å². The monoisotopic (exact) mass is 424 g/mol. The normalized spacial score (nSPS) is 9.95. The smallest absolute Gasteiger partial charge is 0.358 e. The van der Waals surface area contributed by atoms with Crippen molar-refractivity contribution in [3.63, 3.8) is 0 Å². The van der Waals surface area contributed by atoms with Gasteiger partial charge in [-0.15, -0.1) is 0 Å². The molecule has 0 saturated heterocycles. The molecule has 0 aliphatic carbocycles. The number of nitrogens with zero attached hydrogens (tertiary/aromatic N) is 5. The molecule has 2 heterocycles. The fourth-order valence-electron chi connectivity index (χ4n) is 1.25. The molecule has 0 aliphatic heterocycles. The zero-order valence-corrected chi connectivity index (χ0v) is 14.3. The summed E-state index contributed by atoms with van der Waals surface area (Å²) in [6.45, 7) is 3.36. The van der Waals surface area contributed by atoms with E-state index in [1.165, 1.54) is 0 Å². The van der Waals surface area contributed by atoms with Crippen LogP contribution >= 0.6 is 31.9 Å².